The van der Waals surface area contributed by atoms with Crippen LogP contribution in [0.1, 0.15) is 30.0 Å². The number of amides is 1. The number of aliphatic carboxylic acids is 1. The Balaban J connectivity index is 2.78. The smallest absolute Gasteiger partial charge is 0.311 e. The summed E-state index contributed by atoms with van der Waals surface area (Å²) in [6.07, 6.45) is 0.983. The highest BCUT2D eigenvalue weighted by Gasteiger charge is 2.24. The Kier molecular flexibility index (Phi) is 4.49. The van der Waals surface area contributed by atoms with Crippen LogP contribution in [0, 0.1) is 0 Å². The van der Waals surface area contributed by atoms with Gasteiger partial charge in [-0.1, -0.05) is 0 Å². The molecule has 0 aliphatic heterocycles. The number of ether oxygens (including phenoxy) is 1. The molecule has 1 rings (SSSR count). The molecule has 0 atom stereocenters. The zero-order valence-corrected chi connectivity index (χ0v) is 10.6. The third kappa shape index (κ3) is 3.89. The van der Waals surface area contributed by atoms with Crippen molar-refractivity contribution in [3.8, 4) is 0 Å². The van der Waals surface area contributed by atoms with Crippen LogP contribution in [0.4, 0.5) is 0 Å². The van der Waals surface area contributed by atoms with Crippen molar-refractivity contribution in [3.63, 3.8) is 0 Å². The lowest BCUT2D eigenvalue weighted by Crippen LogP contribution is -2.46. The van der Waals surface area contributed by atoms with Gasteiger partial charge in [0.25, 0.3) is 5.91 Å². The number of furan rings is 1. The van der Waals surface area contributed by atoms with E-state index in [1.165, 1.54) is 12.3 Å². The van der Waals surface area contributed by atoms with Crippen LogP contribution in [0.5, 0.6) is 0 Å². The molecule has 6 heteroatoms. The maximum absolute atomic E-state index is 12.0. The van der Waals surface area contributed by atoms with Gasteiger partial charge in [0.2, 0.25) is 0 Å². The van der Waals surface area contributed by atoms with Gasteiger partial charge in [0, 0.05) is 7.11 Å². The molecule has 0 aliphatic rings. The van der Waals surface area contributed by atoms with Gasteiger partial charge in [-0.05, 0) is 19.9 Å². The molecule has 1 aromatic rings. The molecule has 0 spiro atoms. The molecule has 2 N–H and O–H groups in total. The van der Waals surface area contributed by atoms with Crippen molar-refractivity contribution in [3.05, 3.63) is 23.7 Å². The molecule has 18 heavy (non-hydrogen) atoms. The first kappa shape index (κ1) is 14.2. The van der Waals surface area contributed by atoms with Gasteiger partial charge in [0.05, 0.1) is 24.0 Å². The van der Waals surface area contributed by atoms with Crippen LogP contribution in [-0.4, -0.2) is 36.2 Å². The molecular weight excluding hydrogens is 238 g/mol. The monoisotopic (exact) mass is 255 g/mol. The van der Waals surface area contributed by atoms with Crippen molar-refractivity contribution in [2.45, 2.75) is 25.8 Å². The predicted molar refractivity (Wildman–Crippen MR) is 63.5 cm³/mol. The summed E-state index contributed by atoms with van der Waals surface area (Å²) >= 11 is 0. The van der Waals surface area contributed by atoms with Gasteiger partial charge < -0.3 is 19.6 Å². The van der Waals surface area contributed by atoms with Crippen molar-refractivity contribution < 1.29 is 23.8 Å². The summed E-state index contributed by atoms with van der Waals surface area (Å²) in [7, 11) is 1.54. The number of rotatable bonds is 6. The van der Waals surface area contributed by atoms with E-state index in [4.69, 9.17) is 14.3 Å². The van der Waals surface area contributed by atoms with Crippen molar-refractivity contribution in [1.82, 2.24) is 5.32 Å². The van der Waals surface area contributed by atoms with Crippen molar-refractivity contribution in [2.75, 3.05) is 13.7 Å². The number of carbonyl (C=O) groups excluding carboxylic acids is 1. The Morgan fingerprint density at radius 3 is 2.72 bits per heavy atom. The quantitative estimate of drug-likeness (QED) is 0.793. The molecule has 1 amide bonds. The first-order valence-electron chi connectivity index (χ1n) is 5.45. The normalized spacial score (nSPS) is 11.3. The second-order valence-corrected chi connectivity index (χ2v) is 4.60. The molecule has 0 aliphatic carbocycles. The summed E-state index contributed by atoms with van der Waals surface area (Å²) in [5.74, 6) is -1.27. The Labute approximate surface area is 105 Å². The van der Waals surface area contributed by atoms with E-state index in [-0.39, 0.29) is 23.7 Å². The fraction of sp³-hybridized carbons (Fsp3) is 0.500. The first-order valence-corrected chi connectivity index (χ1v) is 5.45. The van der Waals surface area contributed by atoms with Gasteiger partial charge in [0.1, 0.15) is 12.2 Å². The molecule has 0 radical (unpaired) electrons. The molecule has 0 saturated carbocycles. The average Bonchev–Trinajstić information content (AvgIpc) is 2.63. The van der Waals surface area contributed by atoms with Crippen molar-refractivity contribution in [2.24, 2.45) is 0 Å². The minimum atomic E-state index is -1.05. The Morgan fingerprint density at radius 2 is 2.17 bits per heavy atom. The Morgan fingerprint density at radius 1 is 1.50 bits per heavy atom. The molecule has 0 bridgehead atoms. The molecule has 1 heterocycles. The lowest BCUT2D eigenvalue weighted by atomic mass is 10.1. The largest absolute Gasteiger partial charge is 0.481 e. The van der Waals surface area contributed by atoms with Crippen LogP contribution in [0.25, 0.3) is 0 Å². The van der Waals surface area contributed by atoms with Gasteiger partial charge in [-0.2, -0.15) is 0 Å². The summed E-state index contributed by atoms with van der Waals surface area (Å²) < 4.78 is 9.99. The van der Waals surface area contributed by atoms with Crippen molar-refractivity contribution >= 4 is 11.9 Å². The number of methoxy groups -OCH3 is 1. The molecular formula is C12H17NO5. The standard InChI is InChI=1S/C12H17NO5/c1-12(2,7-17-3)13-11(16)8-4-5-18-9(8)6-10(14)15/h4-5H,6-7H2,1-3H3,(H,13,16)(H,14,15). The number of carbonyl (C=O) groups is 2. The fourth-order valence-electron chi connectivity index (χ4n) is 1.59. The predicted octanol–water partition coefficient (Wildman–Crippen LogP) is 1.06. The molecule has 0 aromatic carbocycles. The van der Waals surface area contributed by atoms with E-state index in [0.717, 1.165) is 0 Å². The number of carboxylic acid groups (broad SMARTS) is 1. The lowest BCUT2D eigenvalue weighted by molar-refractivity contribution is -0.136. The number of nitrogens with one attached hydrogen (secondary N) is 1. The highest BCUT2D eigenvalue weighted by Crippen LogP contribution is 2.13. The van der Waals surface area contributed by atoms with E-state index in [1.54, 1.807) is 7.11 Å². The van der Waals surface area contributed by atoms with E-state index in [9.17, 15) is 9.59 Å². The summed E-state index contributed by atoms with van der Waals surface area (Å²) in [5, 5.41) is 11.5. The SMILES string of the molecule is COCC(C)(C)NC(=O)c1ccoc1CC(=O)O. The zero-order valence-electron chi connectivity index (χ0n) is 10.6. The fourth-order valence-corrected chi connectivity index (χ4v) is 1.59. The Bertz CT molecular complexity index is 435. The van der Waals surface area contributed by atoms with E-state index in [2.05, 4.69) is 5.32 Å². The molecule has 100 valence electrons. The van der Waals surface area contributed by atoms with Gasteiger partial charge in [-0.25, -0.2) is 0 Å². The maximum Gasteiger partial charge on any atom is 0.311 e. The van der Waals surface area contributed by atoms with E-state index >= 15 is 0 Å². The second-order valence-electron chi connectivity index (χ2n) is 4.60. The van der Waals surface area contributed by atoms with Crippen LogP contribution in [0.2, 0.25) is 0 Å². The number of hydrogen-bond donors (Lipinski definition) is 2. The summed E-state index contributed by atoms with van der Waals surface area (Å²) in [5.41, 5.74) is -0.301. The number of hydrogen-bond acceptors (Lipinski definition) is 4. The van der Waals surface area contributed by atoms with E-state index in [0.29, 0.717) is 6.61 Å². The third-order valence-electron chi connectivity index (χ3n) is 2.26. The van der Waals surface area contributed by atoms with Gasteiger partial charge in [-0.15, -0.1) is 0 Å². The van der Waals surface area contributed by atoms with Crippen LogP contribution in [0.3, 0.4) is 0 Å². The van der Waals surface area contributed by atoms with Gasteiger partial charge in [-0.3, -0.25) is 9.59 Å². The minimum Gasteiger partial charge on any atom is -0.481 e. The topological polar surface area (TPSA) is 88.8 Å². The lowest BCUT2D eigenvalue weighted by Gasteiger charge is -2.25. The van der Waals surface area contributed by atoms with E-state index < -0.39 is 11.5 Å². The molecule has 0 fully saturated rings. The number of carboxylic acids is 1. The Hall–Kier alpha value is -1.82. The highest BCUT2D eigenvalue weighted by atomic mass is 16.5. The molecule has 0 saturated heterocycles. The van der Waals surface area contributed by atoms with Crippen LogP contribution in [0.15, 0.2) is 16.7 Å². The van der Waals surface area contributed by atoms with Gasteiger partial charge in [0.15, 0.2) is 0 Å². The van der Waals surface area contributed by atoms with Gasteiger partial charge >= 0.3 is 5.97 Å². The zero-order chi connectivity index (χ0) is 13.8. The van der Waals surface area contributed by atoms with Crippen LogP contribution in [-0.2, 0) is 16.0 Å². The third-order valence-corrected chi connectivity index (χ3v) is 2.26. The average molecular weight is 255 g/mol. The van der Waals surface area contributed by atoms with Crippen LogP contribution >= 0.6 is 0 Å². The summed E-state index contributed by atoms with van der Waals surface area (Å²) in [4.78, 5) is 22.6. The maximum atomic E-state index is 12.0. The summed E-state index contributed by atoms with van der Waals surface area (Å²) in [6.45, 7) is 3.97. The second kappa shape index (κ2) is 5.68. The molecule has 1 aromatic heterocycles. The molecule has 6 nitrogen and oxygen atoms in total. The summed E-state index contributed by atoms with van der Waals surface area (Å²) in [6, 6.07) is 1.45. The first-order chi connectivity index (χ1) is 8.35. The van der Waals surface area contributed by atoms with Crippen LogP contribution < -0.4 is 5.32 Å². The minimum absolute atomic E-state index is 0.146. The van der Waals surface area contributed by atoms with Crippen molar-refractivity contribution in [1.29, 1.82) is 0 Å². The molecule has 0 unspecified atom stereocenters. The van der Waals surface area contributed by atoms with E-state index in [1.807, 2.05) is 13.8 Å². The highest BCUT2D eigenvalue weighted by molar-refractivity contribution is 5.96.